The van der Waals surface area contributed by atoms with Crippen LogP contribution in [0.25, 0.3) is 0 Å². The van der Waals surface area contributed by atoms with E-state index < -0.39 is 0 Å². The Labute approximate surface area is 114 Å². The lowest BCUT2D eigenvalue weighted by atomic mass is 9.95. The van der Waals surface area contributed by atoms with Gasteiger partial charge in [0.15, 0.2) is 0 Å². The molecule has 1 unspecified atom stereocenters. The van der Waals surface area contributed by atoms with Crippen molar-refractivity contribution in [3.05, 3.63) is 29.3 Å². The lowest BCUT2D eigenvalue weighted by molar-refractivity contribution is 0.423. The second kappa shape index (κ2) is 5.63. The molecule has 0 saturated carbocycles. The molecular weight excluding hydrogens is 244 g/mol. The fourth-order valence-electron chi connectivity index (χ4n) is 2.58. The van der Waals surface area contributed by atoms with Gasteiger partial charge in [0, 0.05) is 19.0 Å². The predicted molar refractivity (Wildman–Crippen MR) is 75.9 cm³/mol. The van der Waals surface area contributed by atoms with Crippen LogP contribution in [-0.4, -0.2) is 13.1 Å². The minimum Gasteiger partial charge on any atom is -0.370 e. The van der Waals surface area contributed by atoms with Crippen molar-refractivity contribution in [3.8, 4) is 6.07 Å². The Bertz CT molecular complexity index is 462. The monoisotopic (exact) mass is 262 g/mol. The molecule has 1 saturated heterocycles. The summed E-state index contributed by atoms with van der Waals surface area (Å²) in [6.45, 7) is 6.66. The molecule has 1 aromatic carbocycles. The van der Waals surface area contributed by atoms with E-state index >= 15 is 0 Å². The molecule has 0 aromatic heterocycles. The van der Waals surface area contributed by atoms with Crippen molar-refractivity contribution in [1.82, 2.24) is 0 Å². The van der Waals surface area contributed by atoms with Crippen LogP contribution in [0.5, 0.6) is 0 Å². The standard InChI is InChI=1S/C15H19ClN2/c1-11(2)13-5-6-18(10-13)15-4-3-12(8-16)7-14(15)9-17/h3-4,7,11,13H,5-6,8,10H2,1-2H3. The molecular formula is C15H19ClN2. The molecule has 1 heterocycles. The molecule has 1 aromatic rings. The van der Waals surface area contributed by atoms with Crippen molar-refractivity contribution in [2.75, 3.05) is 18.0 Å². The largest absolute Gasteiger partial charge is 0.370 e. The summed E-state index contributed by atoms with van der Waals surface area (Å²) in [7, 11) is 0. The lowest BCUT2D eigenvalue weighted by Gasteiger charge is -2.21. The van der Waals surface area contributed by atoms with E-state index in [0.717, 1.165) is 35.8 Å². The normalized spacial score (nSPS) is 19.3. The number of halogens is 1. The molecule has 0 radical (unpaired) electrons. The van der Waals surface area contributed by atoms with E-state index in [1.165, 1.54) is 6.42 Å². The third-order valence-electron chi connectivity index (χ3n) is 3.84. The van der Waals surface area contributed by atoms with Gasteiger partial charge in [-0.25, -0.2) is 0 Å². The van der Waals surface area contributed by atoms with E-state index in [9.17, 15) is 5.26 Å². The van der Waals surface area contributed by atoms with Gasteiger partial charge in [-0.3, -0.25) is 0 Å². The molecule has 0 aliphatic carbocycles. The summed E-state index contributed by atoms with van der Waals surface area (Å²) >= 11 is 5.81. The summed E-state index contributed by atoms with van der Waals surface area (Å²) in [6.07, 6.45) is 1.22. The van der Waals surface area contributed by atoms with Gasteiger partial charge in [0.05, 0.1) is 11.3 Å². The topological polar surface area (TPSA) is 27.0 Å². The van der Waals surface area contributed by atoms with Crippen molar-refractivity contribution >= 4 is 17.3 Å². The summed E-state index contributed by atoms with van der Waals surface area (Å²) in [5.41, 5.74) is 2.82. The van der Waals surface area contributed by atoms with Crippen molar-refractivity contribution in [3.63, 3.8) is 0 Å². The Hall–Kier alpha value is -1.20. The SMILES string of the molecule is CC(C)C1CCN(c2ccc(CCl)cc2C#N)C1. The maximum Gasteiger partial charge on any atom is 0.101 e. The average molecular weight is 263 g/mol. The van der Waals surface area contributed by atoms with Gasteiger partial charge in [-0.05, 0) is 36.0 Å². The Kier molecular flexibility index (Phi) is 4.14. The van der Waals surface area contributed by atoms with Crippen LogP contribution >= 0.6 is 11.6 Å². The molecule has 1 aliphatic rings. The molecule has 1 atom stereocenters. The molecule has 1 aliphatic heterocycles. The van der Waals surface area contributed by atoms with Crippen LogP contribution in [0.2, 0.25) is 0 Å². The molecule has 2 nitrogen and oxygen atoms in total. The van der Waals surface area contributed by atoms with Crippen LogP contribution in [0.1, 0.15) is 31.4 Å². The first-order chi connectivity index (χ1) is 8.65. The van der Waals surface area contributed by atoms with Crippen molar-refractivity contribution in [2.24, 2.45) is 11.8 Å². The number of benzene rings is 1. The first kappa shape index (κ1) is 13.2. The summed E-state index contributed by atoms with van der Waals surface area (Å²) in [4.78, 5) is 2.33. The summed E-state index contributed by atoms with van der Waals surface area (Å²) in [5.74, 6) is 1.91. The van der Waals surface area contributed by atoms with Crippen LogP contribution in [0.15, 0.2) is 18.2 Å². The molecule has 0 spiro atoms. The molecule has 0 N–H and O–H groups in total. The zero-order chi connectivity index (χ0) is 13.1. The molecule has 0 bridgehead atoms. The van der Waals surface area contributed by atoms with Crippen molar-refractivity contribution < 1.29 is 0 Å². The van der Waals surface area contributed by atoms with E-state index in [1.807, 2.05) is 18.2 Å². The van der Waals surface area contributed by atoms with Gasteiger partial charge in [-0.15, -0.1) is 11.6 Å². The summed E-state index contributed by atoms with van der Waals surface area (Å²) < 4.78 is 0. The van der Waals surface area contributed by atoms with Gasteiger partial charge >= 0.3 is 0 Å². The number of nitrogens with zero attached hydrogens (tertiary/aromatic N) is 2. The predicted octanol–water partition coefficient (Wildman–Crippen LogP) is 3.78. The number of rotatable bonds is 3. The molecule has 18 heavy (non-hydrogen) atoms. The Morgan fingerprint density at radius 3 is 2.83 bits per heavy atom. The van der Waals surface area contributed by atoms with E-state index in [4.69, 9.17) is 11.6 Å². The summed E-state index contributed by atoms with van der Waals surface area (Å²) in [6, 6.07) is 8.26. The van der Waals surface area contributed by atoms with Gasteiger partial charge < -0.3 is 4.90 Å². The third-order valence-corrected chi connectivity index (χ3v) is 4.15. The van der Waals surface area contributed by atoms with Crippen LogP contribution in [0, 0.1) is 23.2 Å². The first-order valence-electron chi connectivity index (χ1n) is 6.49. The minimum atomic E-state index is 0.462. The highest BCUT2D eigenvalue weighted by atomic mass is 35.5. The molecule has 3 heteroatoms. The highest BCUT2D eigenvalue weighted by molar-refractivity contribution is 6.17. The maximum atomic E-state index is 9.25. The van der Waals surface area contributed by atoms with Crippen LogP contribution < -0.4 is 4.90 Å². The molecule has 96 valence electrons. The second-order valence-corrected chi connectivity index (χ2v) is 5.60. The van der Waals surface area contributed by atoms with E-state index in [-0.39, 0.29) is 0 Å². The molecule has 2 rings (SSSR count). The zero-order valence-corrected chi connectivity index (χ0v) is 11.7. The first-order valence-corrected chi connectivity index (χ1v) is 7.03. The third kappa shape index (κ3) is 2.62. The van der Waals surface area contributed by atoms with Gasteiger partial charge in [-0.1, -0.05) is 19.9 Å². The zero-order valence-electron chi connectivity index (χ0n) is 11.0. The maximum absolute atomic E-state index is 9.25. The Morgan fingerprint density at radius 1 is 1.50 bits per heavy atom. The summed E-state index contributed by atoms with van der Waals surface area (Å²) in [5, 5.41) is 9.25. The Balaban J connectivity index is 2.22. The van der Waals surface area contributed by atoms with Gasteiger partial charge in [0.1, 0.15) is 6.07 Å². The smallest absolute Gasteiger partial charge is 0.101 e. The van der Waals surface area contributed by atoms with Crippen LogP contribution in [0.4, 0.5) is 5.69 Å². The number of hydrogen-bond donors (Lipinski definition) is 0. The number of alkyl halides is 1. The van der Waals surface area contributed by atoms with Crippen molar-refractivity contribution in [2.45, 2.75) is 26.1 Å². The number of nitriles is 1. The van der Waals surface area contributed by atoms with E-state index in [2.05, 4.69) is 24.8 Å². The van der Waals surface area contributed by atoms with E-state index in [0.29, 0.717) is 11.8 Å². The second-order valence-electron chi connectivity index (χ2n) is 5.34. The quantitative estimate of drug-likeness (QED) is 0.775. The molecule has 0 amide bonds. The van der Waals surface area contributed by atoms with Crippen LogP contribution in [-0.2, 0) is 5.88 Å². The number of anilines is 1. The van der Waals surface area contributed by atoms with Crippen LogP contribution in [0.3, 0.4) is 0 Å². The Morgan fingerprint density at radius 2 is 2.28 bits per heavy atom. The average Bonchev–Trinajstić information content (AvgIpc) is 2.87. The highest BCUT2D eigenvalue weighted by Crippen LogP contribution is 2.30. The lowest BCUT2D eigenvalue weighted by Crippen LogP contribution is -2.22. The molecule has 1 fully saturated rings. The fraction of sp³-hybridized carbons (Fsp3) is 0.533. The van der Waals surface area contributed by atoms with Gasteiger partial charge in [-0.2, -0.15) is 5.26 Å². The number of hydrogen-bond acceptors (Lipinski definition) is 2. The van der Waals surface area contributed by atoms with E-state index in [1.54, 1.807) is 0 Å². The minimum absolute atomic E-state index is 0.462. The fourth-order valence-corrected chi connectivity index (χ4v) is 2.75. The van der Waals surface area contributed by atoms with Gasteiger partial charge in [0.25, 0.3) is 0 Å². The highest BCUT2D eigenvalue weighted by Gasteiger charge is 2.26. The van der Waals surface area contributed by atoms with Gasteiger partial charge in [0.2, 0.25) is 0 Å². The van der Waals surface area contributed by atoms with Crippen molar-refractivity contribution in [1.29, 1.82) is 5.26 Å².